The molecule has 0 aromatic carbocycles. The summed E-state index contributed by atoms with van der Waals surface area (Å²) in [6.45, 7) is 1.10. The van der Waals surface area contributed by atoms with Crippen LogP contribution in [-0.4, -0.2) is 33.2 Å². The summed E-state index contributed by atoms with van der Waals surface area (Å²) in [6, 6.07) is 3.80. The van der Waals surface area contributed by atoms with Crippen LogP contribution in [0.1, 0.15) is 18.4 Å². The summed E-state index contributed by atoms with van der Waals surface area (Å²) < 4.78 is 7.19. The highest BCUT2D eigenvalue weighted by molar-refractivity contribution is 5.81. The van der Waals surface area contributed by atoms with Crippen molar-refractivity contribution in [1.29, 1.82) is 0 Å². The number of hydrogen-bond acceptors (Lipinski definition) is 4. The zero-order valence-electron chi connectivity index (χ0n) is 11.0. The normalized spacial score (nSPS) is 18.1. The van der Waals surface area contributed by atoms with Crippen molar-refractivity contribution in [3.63, 3.8) is 0 Å². The molecular formula is C14H16N4O2. The van der Waals surface area contributed by atoms with Gasteiger partial charge in [-0.3, -0.25) is 9.36 Å². The van der Waals surface area contributed by atoms with E-state index in [4.69, 9.17) is 4.74 Å². The van der Waals surface area contributed by atoms with Gasteiger partial charge in [-0.15, -0.1) is 0 Å². The maximum atomic E-state index is 11.9. The molecule has 0 aliphatic carbocycles. The van der Waals surface area contributed by atoms with E-state index < -0.39 is 0 Å². The Hall–Kier alpha value is -2.21. The van der Waals surface area contributed by atoms with Gasteiger partial charge >= 0.3 is 0 Å². The van der Waals surface area contributed by atoms with Gasteiger partial charge in [-0.25, -0.2) is 9.97 Å². The largest absolute Gasteiger partial charge is 0.368 e. The second kappa shape index (κ2) is 5.83. The first-order chi connectivity index (χ1) is 9.84. The summed E-state index contributed by atoms with van der Waals surface area (Å²) >= 11 is 0. The number of amides is 1. The molecule has 1 aliphatic rings. The molecular weight excluding hydrogens is 256 g/mol. The Morgan fingerprint density at radius 1 is 1.50 bits per heavy atom. The van der Waals surface area contributed by atoms with E-state index in [1.54, 1.807) is 18.7 Å². The van der Waals surface area contributed by atoms with Crippen molar-refractivity contribution in [1.82, 2.24) is 19.9 Å². The number of pyridine rings is 1. The first-order valence-electron chi connectivity index (χ1n) is 6.66. The van der Waals surface area contributed by atoms with Crippen LogP contribution in [0.5, 0.6) is 0 Å². The second-order valence-corrected chi connectivity index (χ2v) is 4.68. The number of nitrogens with one attached hydrogen (secondary N) is 1. The predicted molar refractivity (Wildman–Crippen MR) is 72.2 cm³/mol. The number of nitrogens with zero attached hydrogens (tertiary/aromatic N) is 3. The van der Waals surface area contributed by atoms with E-state index in [2.05, 4.69) is 15.3 Å². The van der Waals surface area contributed by atoms with Crippen LogP contribution >= 0.6 is 0 Å². The maximum absolute atomic E-state index is 11.9. The zero-order valence-corrected chi connectivity index (χ0v) is 11.0. The monoisotopic (exact) mass is 272 g/mol. The third-order valence-corrected chi connectivity index (χ3v) is 3.29. The van der Waals surface area contributed by atoms with E-state index in [-0.39, 0.29) is 12.0 Å². The SMILES string of the molecule is O=C(NCc1cccnc1-n1ccnc1)[C@H]1CCCO1. The van der Waals surface area contributed by atoms with Crippen LogP contribution in [0, 0.1) is 0 Å². The molecule has 3 heterocycles. The maximum Gasteiger partial charge on any atom is 0.249 e. The molecule has 1 atom stereocenters. The Morgan fingerprint density at radius 2 is 2.45 bits per heavy atom. The fourth-order valence-electron chi connectivity index (χ4n) is 2.27. The predicted octanol–water partition coefficient (Wildman–Crippen LogP) is 1.06. The molecule has 1 saturated heterocycles. The van der Waals surface area contributed by atoms with Gasteiger partial charge in [0.05, 0.1) is 0 Å². The molecule has 6 nitrogen and oxygen atoms in total. The molecule has 3 rings (SSSR count). The van der Waals surface area contributed by atoms with E-state index in [1.165, 1.54) is 0 Å². The summed E-state index contributed by atoms with van der Waals surface area (Å²) in [5.41, 5.74) is 0.942. The Morgan fingerprint density at radius 3 is 3.20 bits per heavy atom. The van der Waals surface area contributed by atoms with Gasteiger partial charge in [-0.05, 0) is 18.9 Å². The number of rotatable bonds is 4. The van der Waals surface area contributed by atoms with Gasteiger partial charge in [0.25, 0.3) is 0 Å². The molecule has 0 radical (unpaired) electrons. The second-order valence-electron chi connectivity index (χ2n) is 4.68. The molecule has 0 bridgehead atoms. The summed E-state index contributed by atoms with van der Waals surface area (Å²) in [5.74, 6) is 0.723. The van der Waals surface area contributed by atoms with Gasteiger partial charge in [0.1, 0.15) is 18.2 Å². The van der Waals surface area contributed by atoms with Gasteiger partial charge in [-0.1, -0.05) is 6.07 Å². The van der Waals surface area contributed by atoms with Crippen molar-refractivity contribution >= 4 is 5.91 Å². The van der Waals surface area contributed by atoms with E-state index in [9.17, 15) is 4.79 Å². The lowest BCUT2D eigenvalue weighted by atomic mass is 10.2. The number of ether oxygens (including phenoxy) is 1. The standard InChI is InChI=1S/C14H16N4O2/c19-14(12-4-2-8-20-12)17-9-11-3-1-5-16-13(11)18-7-6-15-10-18/h1,3,5-7,10,12H,2,4,8-9H2,(H,17,19)/t12-/m1/s1. The highest BCUT2D eigenvalue weighted by Gasteiger charge is 2.23. The molecule has 0 unspecified atom stereocenters. The molecule has 0 spiro atoms. The molecule has 1 aliphatic heterocycles. The molecule has 20 heavy (non-hydrogen) atoms. The molecule has 1 N–H and O–H groups in total. The van der Waals surface area contributed by atoms with E-state index >= 15 is 0 Å². The summed E-state index contributed by atoms with van der Waals surface area (Å²) in [5, 5.41) is 2.91. The number of hydrogen-bond donors (Lipinski definition) is 1. The topological polar surface area (TPSA) is 69.0 Å². The lowest BCUT2D eigenvalue weighted by Gasteiger charge is -2.12. The summed E-state index contributed by atoms with van der Waals surface area (Å²) in [6.07, 6.45) is 8.38. The highest BCUT2D eigenvalue weighted by Crippen LogP contribution is 2.13. The van der Waals surface area contributed by atoms with E-state index in [0.717, 1.165) is 24.2 Å². The number of carbonyl (C=O) groups excluding carboxylic acids is 1. The lowest BCUT2D eigenvalue weighted by Crippen LogP contribution is -2.33. The minimum absolute atomic E-state index is 0.0528. The van der Waals surface area contributed by atoms with Crippen molar-refractivity contribution in [3.8, 4) is 5.82 Å². The van der Waals surface area contributed by atoms with Crippen LogP contribution < -0.4 is 5.32 Å². The molecule has 2 aromatic heterocycles. The van der Waals surface area contributed by atoms with Crippen molar-refractivity contribution in [2.24, 2.45) is 0 Å². The number of imidazole rings is 1. The van der Waals surface area contributed by atoms with Gasteiger partial charge in [-0.2, -0.15) is 0 Å². The zero-order chi connectivity index (χ0) is 13.8. The Bertz CT molecular complexity index is 577. The van der Waals surface area contributed by atoms with Gasteiger partial charge in [0, 0.05) is 37.3 Å². The summed E-state index contributed by atoms with van der Waals surface area (Å²) in [4.78, 5) is 20.3. The average molecular weight is 272 g/mol. The Labute approximate surface area is 116 Å². The van der Waals surface area contributed by atoms with Gasteiger partial charge < -0.3 is 10.1 Å². The van der Waals surface area contributed by atoms with Crippen molar-refractivity contribution < 1.29 is 9.53 Å². The van der Waals surface area contributed by atoms with Crippen LogP contribution in [0.3, 0.4) is 0 Å². The van der Waals surface area contributed by atoms with Crippen molar-refractivity contribution in [3.05, 3.63) is 42.6 Å². The quantitative estimate of drug-likeness (QED) is 0.903. The average Bonchev–Trinajstić information content (AvgIpc) is 3.17. The Balaban J connectivity index is 1.70. The third-order valence-electron chi connectivity index (χ3n) is 3.29. The van der Waals surface area contributed by atoms with Crippen LogP contribution in [0.25, 0.3) is 5.82 Å². The number of carbonyl (C=O) groups is 1. The minimum atomic E-state index is -0.302. The first kappa shape index (κ1) is 12.8. The third kappa shape index (κ3) is 2.70. The van der Waals surface area contributed by atoms with Crippen molar-refractivity contribution in [2.75, 3.05) is 6.61 Å². The van der Waals surface area contributed by atoms with Gasteiger partial charge in [0.15, 0.2) is 0 Å². The summed E-state index contributed by atoms with van der Waals surface area (Å²) in [7, 11) is 0. The van der Waals surface area contributed by atoms with E-state index in [0.29, 0.717) is 13.2 Å². The van der Waals surface area contributed by atoms with Crippen LogP contribution in [0.15, 0.2) is 37.1 Å². The Kier molecular flexibility index (Phi) is 3.73. The van der Waals surface area contributed by atoms with Crippen LogP contribution in [-0.2, 0) is 16.1 Å². The molecule has 1 amide bonds. The highest BCUT2D eigenvalue weighted by atomic mass is 16.5. The minimum Gasteiger partial charge on any atom is -0.368 e. The molecule has 0 saturated carbocycles. The molecule has 104 valence electrons. The molecule has 2 aromatic rings. The van der Waals surface area contributed by atoms with Crippen molar-refractivity contribution in [2.45, 2.75) is 25.5 Å². The van der Waals surface area contributed by atoms with Crippen LogP contribution in [0.4, 0.5) is 0 Å². The first-order valence-corrected chi connectivity index (χ1v) is 6.66. The number of aromatic nitrogens is 3. The molecule has 6 heteroatoms. The molecule has 1 fully saturated rings. The fraction of sp³-hybridized carbons (Fsp3) is 0.357. The van der Waals surface area contributed by atoms with Crippen LogP contribution in [0.2, 0.25) is 0 Å². The lowest BCUT2D eigenvalue weighted by molar-refractivity contribution is -0.130. The fourth-order valence-corrected chi connectivity index (χ4v) is 2.27. The van der Waals surface area contributed by atoms with Gasteiger partial charge in [0.2, 0.25) is 5.91 Å². The van der Waals surface area contributed by atoms with E-state index in [1.807, 2.05) is 22.9 Å². The smallest absolute Gasteiger partial charge is 0.249 e.